The van der Waals surface area contributed by atoms with E-state index in [1.807, 2.05) is 0 Å². The van der Waals surface area contributed by atoms with Crippen molar-refractivity contribution in [2.75, 3.05) is 0 Å². The van der Waals surface area contributed by atoms with Crippen LogP contribution in [0, 0.1) is 0 Å². The number of hydrogen-bond donors (Lipinski definition) is 3. The number of amides is 1. The maximum absolute atomic E-state index is 11.4. The molecule has 1 heterocycles. The van der Waals surface area contributed by atoms with Crippen molar-refractivity contribution in [3.8, 4) is 0 Å². The number of rotatable bonds is 2. The summed E-state index contributed by atoms with van der Waals surface area (Å²) in [6, 6.07) is 6.00. The summed E-state index contributed by atoms with van der Waals surface area (Å²) in [5, 5.41) is 15.0. The first-order valence-electron chi connectivity index (χ1n) is 5.10. The Morgan fingerprint density at radius 1 is 1.35 bits per heavy atom. The molecule has 0 aliphatic carbocycles. The number of benzene rings is 1. The summed E-state index contributed by atoms with van der Waals surface area (Å²) < 4.78 is 0. The van der Waals surface area contributed by atoms with Crippen molar-refractivity contribution in [3.63, 3.8) is 0 Å². The molecule has 5 nitrogen and oxygen atoms in total. The van der Waals surface area contributed by atoms with Crippen molar-refractivity contribution in [2.24, 2.45) is 0 Å². The quantitative estimate of drug-likeness (QED) is 0.733. The van der Waals surface area contributed by atoms with E-state index < -0.39 is 18.2 Å². The molecular weight excluding hydrogens is 244 g/mol. The van der Waals surface area contributed by atoms with Gasteiger partial charge in [-0.15, -0.1) is 0 Å². The molecule has 0 bridgehead atoms. The number of carboxylic acids is 1. The largest absolute Gasteiger partial charge is 0.480 e. The SMILES string of the molecule is O=C1C[C@@H](C(=O)O)NC(c2ccc(Cl)cc2)N1. The minimum Gasteiger partial charge on any atom is -0.480 e. The van der Waals surface area contributed by atoms with Gasteiger partial charge in [-0.05, 0) is 17.7 Å². The van der Waals surface area contributed by atoms with E-state index in [1.165, 1.54) is 0 Å². The van der Waals surface area contributed by atoms with Crippen LogP contribution in [0.25, 0.3) is 0 Å². The molecule has 1 fully saturated rings. The van der Waals surface area contributed by atoms with Gasteiger partial charge in [0.15, 0.2) is 0 Å². The highest BCUT2D eigenvalue weighted by Gasteiger charge is 2.30. The molecule has 90 valence electrons. The lowest BCUT2D eigenvalue weighted by atomic mass is 10.1. The van der Waals surface area contributed by atoms with E-state index >= 15 is 0 Å². The van der Waals surface area contributed by atoms with Crippen LogP contribution in [-0.2, 0) is 9.59 Å². The van der Waals surface area contributed by atoms with Crippen molar-refractivity contribution in [2.45, 2.75) is 18.6 Å². The molecule has 3 N–H and O–H groups in total. The molecule has 0 saturated carbocycles. The molecule has 1 aromatic rings. The zero-order valence-corrected chi connectivity index (χ0v) is 9.57. The van der Waals surface area contributed by atoms with E-state index in [1.54, 1.807) is 24.3 Å². The Kier molecular flexibility index (Phi) is 3.31. The molecule has 1 aromatic carbocycles. The van der Waals surface area contributed by atoms with E-state index in [4.69, 9.17) is 16.7 Å². The van der Waals surface area contributed by atoms with Crippen molar-refractivity contribution < 1.29 is 14.7 Å². The van der Waals surface area contributed by atoms with E-state index in [9.17, 15) is 9.59 Å². The summed E-state index contributed by atoms with van der Waals surface area (Å²) >= 11 is 5.76. The first kappa shape index (κ1) is 11.9. The molecule has 17 heavy (non-hydrogen) atoms. The molecule has 0 radical (unpaired) electrons. The first-order chi connectivity index (χ1) is 8.06. The molecule has 1 amide bonds. The zero-order valence-electron chi connectivity index (χ0n) is 8.81. The normalized spacial score (nSPS) is 24.2. The fourth-order valence-corrected chi connectivity index (χ4v) is 1.83. The summed E-state index contributed by atoms with van der Waals surface area (Å²) in [4.78, 5) is 22.3. The first-order valence-corrected chi connectivity index (χ1v) is 5.48. The number of carboxylic acid groups (broad SMARTS) is 1. The summed E-state index contributed by atoms with van der Waals surface area (Å²) in [6.07, 6.45) is -0.547. The number of carbonyl (C=O) groups is 2. The molecule has 1 aliphatic rings. The van der Waals surface area contributed by atoms with E-state index in [2.05, 4.69) is 10.6 Å². The van der Waals surface area contributed by atoms with Crippen LogP contribution >= 0.6 is 11.6 Å². The third kappa shape index (κ3) is 2.75. The lowest BCUT2D eigenvalue weighted by molar-refractivity contribution is -0.143. The maximum atomic E-state index is 11.4. The summed E-state index contributed by atoms with van der Waals surface area (Å²) in [6.45, 7) is 0. The van der Waals surface area contributed by atoms with Crippen LogP contribution in [0.15, 0.2) is 24.3 Å². The number of halogens is 1. The minimum atomic E-state index is -1.03. The highest BCUT2D eigenvalue weighted by Crippen LogP contribution is 2.18. The monoisotopic (exact) mass is 254 g/mol. The standard InChI is InChI=1S/C11H11ClN2O3/c12-7-3-1-6(2-4-7)10-13-8(11(16)17)5-9(15)14-10/h1-4,8,10,13H,5H2,(H,14,15)(H,16,17)/t8-,10?/m0/s1. The van der Waals surface area contributed by atoms with Crippen LogP contribution in [0.5, 0.6) is 0 Å². The lowest BCUT2D eigenvalue weighted by Gasteiger charge is -2.29. The third-order valence-electron chi connectivity index (χ3n) is 2.56. The Balaban J connectivity index is 2.18. The Morgan fingerprint density at radius 3 is 2.59 bits per heavy atom. The van der Waals surface area contributed by atoms with Crippen LogP contribution in [0.3, 0.4) is 0 Å². The molecule has 0 aromatic heterocycles. The minimum absolute atomic E-state index is 0.0561. The van der Waals surface area contributed by atoms with Crippen molar-refractivity contribution in [1.29, 1.82) is 0 Å². The van der Waals surface area contributed by atoms with Gasteiger partial charge < -0.3 is 10.4 Å². The third-order valence-corrected chi connectivity index (χ3v) is 2.82. The molecule has 1 unspecified atom stereocenters. The van der Waals surface area contributed by atoms with Crippen LogP contribution in [0.1, 0.15) is 18.2 Å². The molecule has 2 rings (SSSR count). The van der Waals surface area contributed by atoms with E-state index in [0.717, 1.165) is 5.56 Å². The second kappa shape index (κ2) is 4.73. The summed E-state index contributed by atoms with van der Waals surface area (Å²) in [5.41, 5.74) is 0.772. The van der Waals surface area contributed by atoms with Crippen molar-refractivity contribution in [3.05, 3.63) is 34.9 Å². The van der Waals surface area contributed by atoms with Gasteiger partial charge in [-0.3, -0.25) is 14.9 Å². The second-order valence-electron chi connectivity index (χ2n) is 3.81. The van der Waals surface area contributed by atoms with Gasteiger partial charge in [0.25, 0.3) is 0 Å². The van der Waals surface area contributed by atoms with Gasteiger partial charge in [-0.1, -0.05) is 23.7 Å². The van der Waals surface area contributed by atoms with Crippen molar-refractivity contribution >= 4 is 23.5 Å². The molecule has 6 heteroatoms. The number of carbonyl (C=O) groups excluding carboxylic acids is 1. The highest BCUT2D eigenvalue weighted by atomic mass is 35.5. The number of aliphatic carboxylic acids is 1. The number of hydrogen-bond acceptors (Lipinski definition) is 3. The highest BCUT2D eigenvalue weighted by molar-refractivity contribution is 6.30. The predicted octanol–water partition coefficient (Wildman–Crippen LogP) is 0.901. The molecule has 1 saturated heterocycles. The maximum Gasteiger partial charge on any atom is 0.321 e. The van der Waals surface area contributed by atoms with Gasteiger partial charge >= 0.3 is 5.97 Å². The Labute approximate surface area is 103 Å². The zero-order chi connectivity index (χ0) is 12.4. The summed E-state index contributed by atoms with van der Waals surface area (Å²) in [7, 11) is 0. The van der Waals surface area contributed by atoms with E-state index in [0.29, 0.717) is 5.02 Å². The van der Waals surface area contributed by atoms with Crippen molar-refractivity contribution in [1.82, 2.24) is 10.6 Å². The average molecular weight is 255 g/mol. The topological polar surface area (TPSA) is 78.4 Å². The van der Waals surface area contributed by atoms with Gasteiger partial charge in [0, 0.05) is 5.02 Å². The van der Waals surface area contributed by atoms with Crippen LogP contribution in [0.4, 0.5) is 0 Å². The Hall–Kier alpha value is -1.59. The Morgan fingerprint density at radius 2 is 2.00 bits per heavy atom. The fraction of sp³-hybridized carbons (Fsp3) is 0.273. The van der Waals surface area contributed by atoms with Gasteiger partial charge in [-0.2, -0.15) is 0 Å². The lowest BCUT2D eigenvalue weighted by Crippen LogP contribution is -2.53. The van der Waals surface area contributed by atoms with Crippen LogP contribution in [-0.4, -0.2) is 23.0 Å². The van der Waals surface area contributed by atoms with Gasteiger partial charge in [0.1, 0.15) is 12.2 Å². The predicted molar refractivity (Wildman–Crippen MR) is 61.5 cm³/mol. The van der Waals surface area contributed by atoms with Gasteiger partial charge in [0.2, 0.25) is 5.91 Å². The fourth-order valence-electron chi connectivity index (χ4n) is 1.70. The smallest absolute Gasteiger partial charge is 0.321 e. The molecule has 0 spiro atoms. The van der Waals surface area contributed by atoms with Gasteiger partial charge in [0.05, 0.1) is 6.42 Å². The van der Waals surface area contributed by atoms with E-state index in [-0.39, 0.29) is 12.3 Å². The summed E-state index contributed by atoms with van der Waals surface area (Å²) in [5.74, 6) is -1.31. The van der Waals surface area contributed by atoms with Crippen LogP contribution < -0.4 is 10.6 Å². The van der Waals surface area contributed by atoms with Gasteiger partial charge in [-0.25, -0.2) is 0 Å². The molecule has 1 aliphatic heterocycles. The molecular formula is C11H11ClN2O3. The second-order valence-corrected chi connectivity index (χ2v) is 4.25. The average Bonchev–Trinajstić information content (AvgIpc) is 2.29. The molecule has 2 atom stereocenters. The Bertz CT molecular complexity index is 447. The van der Waals surface area contributed by atoms with Crippen LogP contribution in [0.2, 0.25) is 5.02 Å². The number of nitrogens with one attached hydrogen (secondary N) is 2.